The topological polar surface area (TPSA) is 85.4 Å². The highest BCUT2D eigenvalue weighted by Crippen LogP contribution is 2.19. The van der Waals surface area contributed by atoms with E-state index in [-0.39, 0.29) is 25.0 Å². The Morgan fingerprint density at radius 1 is 1.38 bits per heavy atom. The van der Waals surface area contributed by atoms with Crippen molar-refractivity contribution in [2.45, 2.75) is 12.5 Å². The fraction of sp³-hybridized carbons (Fsp3) is 0.333. The van der Waals surface area contributed by atoms with Crippen molar-refractivity contribution in [2.24, 2.45) is 0 Å². The summed E-state index contributed by atoms with van der Waals surface area (Å²) in [7, 11) is 0. The number of piperazine rings is 1. The Hall–Kier alpha value is -2.34. The van der Waals surface area contributed by atoms with Crippen LogP contribution in [0.2, 0.25) is 0 Å². The first-order chi connectivity index (χ1) is 10.1. The maximum atomic E-state index is 11.7. The van der Waals surface area contributed by atoms with E-state index in [0.717, 1.165) is 11.9 Å². The first kappa shape index (κ1) is 13.6. The number of carboxylic acids is 1. The van der Waals surface area contributed by atoms with E-state index in [2.05, 4.69) is 16.4 Å². The van der Waals surface area contributed by atoms with E-state index in [1.807, 2.05) is 24.4 Å². The highest BCUT2D eigenvalue weighted by atomic mass is 16.4. The molecule has 2 aromatic rings. The van der Waals surface area contributed by atoms with Gasteiger partial charge in [0.2, 0.25) is 5.91 Å². The summed E-state index contributed by atoms with van der Waals surface area (Å²) in [4.78, 5) is 27.1. The van der Waals surface area contributed by atoms with Crippen LogP contribution in [0.25, 0.3) is 10.9 Å². The predicted octanol–water partition coefficient (Wildman–Crippen LogP) is 0.595. The van der Waals surface area contributed by atoms with Gasteiger partial charge in [-0.05, 0) is 18.1 Å². The molecule has 1 amide bonds. The Balaban J connectivity index is 1.73. The molecule has 2 heterocycles. The van der Waals surface area contributed by atoms with E-state index in [9.17, 15) is 9.59 Å². The molecule has 0 spiro atoms. The van der Waals surface area contributed by atoms with Gasteiger partial charge in [-0.1, -0.05) is 18.2 Å². The third-order valence-electron chi connectivity index (χ3n) is 3.80. The number of amides is 1. The zero-order chi connectivity index (χ0) is 14.8. The van der Waals surface area contributed by atoms with Gasteiger partial charge in [-0.15, -0.1) is 0 Å². The summed E-state index contributed by atoms with van der Waals surface area (Å²) in [5.41, 5.74) is 2.26. The molecule has 1 saturated heterocycles. The number of carbonyl (C=O) groups excluding carboxylic acids is 1. The van der Waals surface area contributed by atoms with E-state index in [1.54, 1.807) is 0 Å². The van der Waals surface area contributed by atoms with Crippen molar-refractivity contribution in [3.8, 4) is 0 Å². The number of para-hydroxylation sites is 1. The number of benzene rings is 1. The number of nitrogens with zero attached hydrogens (tertiary/aromatic N) is 1. The van der Waals surface area contributed by atoms with Gasteiger partial charge in [0.25, 0.3) is 0 Å². The number of carboxylic acid groups (broad SMARTS) is 1. The van der Waals surface area contributed by atoms with Crippen molar-refractivity contribution in [3.05, 3.63) is 36.0 Å². The number of nitrogens with one attached hydrogen (secondary N) is 2. The summed E-state index contributed by atoms with van der Waals surface area (Å²) in [6.45, 7) is 0.385. The van der Waals surface area contributed by atoms with E-state index < -0.39 is 5.97 Å². The number of H-pyrrole nitrogens is 1. The van der Waals surface area contributed by atoms with Gasteiger partial charge in [0.05, 0.1) is 6.54 Å². The number of hydrogen-bond donors (Lipinski definition) is 3. The van der Waals surface area contributed by atoms with Gasteiger partial charge >= 0.3 is 5.97 Å². The second kappa shape index (κ2) is 5.57. The summed E-state index contributed by atoms with van der Waals surface area (Å²) < 4.78 is 0. The van der Waals surface area contributed by atoms with Crippen LogP contribution in [0.4, 0.5) is 0 Å². The summed E-state index contributed by atoms with van der Waals surface area (Å²) in [5, 5.41) is 13.2. The number of fused-ring (bicyclic) bond motifs is 1. The Kier molecular flexibility index (Phi) is 3.62. The van der Waals surface area contributed by atoms with Gasteiger partial charge in [0, 0.05) is 29.7 Å². The lowest BCUT2D eigenvalue weighted by Crippen LogP contribution is -2.55. The minimum atomic E-state index is -0.976. The summed E-state index contributed by atoms with van der Waals surface area (Å²) >= 11 is 0. The smallest absolute Gasteiger partial charge is 0.323 e. The monoisotopic (exact) mass is 287 g/mol. The van der Waals surface area contributed by atoms with Crippen molar-refractivity contribution in [3.63, 3.8) is 0 Å². The molecule has 1 aromatic heterocycles. The number of aliphatic carboxylic acids is 1. The second-order valence-corrected chi connectivity index (χ2v) is 5.31. The Labute approximate surface area is 121 Å². The van der Waals surface area contributed by atoms with Crippen LogP contribution in [0.15, 0.2) is 30.5 Å². The average Bonchev–Trinajstić information content (AvgIpc) is 2.85. The summed E-state index contributed by atoms with van der Waals surface area (Å²) in [5.74, 6) is -1.14. The molecule has 3 rings (SSSR count). The average molecular weight is 287 g/mol. The zero-order valence-corrected chi connectivity index (χ0v) is 11.5. The lowest BCUT2D eigenvalue weighted by atomic mass is 10.0. The van der Waals surface area contributed by atoms with E-state index >= 15 is 0 Å². The van der Waals surface area contributed by atoms with Crippen LogP contribution in [0.3, 0.4) is 0 Å². The van der Waals surface area contributed by atoms with Gasteiger partial charge in [-0.3, -0.25) is 9.59 Å². The van der Waals surface area contributed by atoms with Crippen molar-refractivity contribution in [1.82, 2.24) is 15.2 Å². The molecule has 21 heavy (non-hydrogen) atoms. The molecular formula is C15H17N3O3. The molecule has 0 saturated carbocycles. The maximum Gasteiger partial charge on any atom is 0.323 e. The standard InChI is InChI=1S/C15H17N3O3/c19-14-7-16-11(8-18(14)9-15(20)21)5-10-6-17-13-4-2-1-3-12(10)13/h1-4,6,11,16-17H,5,7-9H2,(H,20,21)/t11-/m0/s1. The summed E-state index contributed by atoms with van der Waals surface area (Å²) in [6.07, 6.45) is 2.73. The lowest BCUT2D eigenvalue weighted by molar-refractivity contribution is -0.145. The number of carbonyl (C=O) groups is 2. The van der Waals surface area contributed by atoms with Crippen LogP contribution >= 0.6 is 0 Å². The molecule has 6 heteroatoms. The first-order valence-corrected chi connectivity index (χ1v) is 6.91. The third kappa shape index (κ3) is 2.90. The first-order valence-electron chi connectivity index (χ1n) is 6.91. The molecule has 1 fully saturated rings. The predicted molar refractivity (Wildman–Crippen MR) is 78.0 cm³/mol. The molecular weight excluding hydrogens is 270 g/mol. The fourth-order valence-corrected chi connectivity index (χ4v) is 2.79. The quantitative estimate of drug-likeness (QED) is 0.768. The molecule has 0 bridgehead atoms. The molecule has 1 aromatic carbocycles. The number of aromatic nitrogens is 1. The highest BCUT2D eigenvalue weighted by Gasteiger charge is 2.27. The molecule has 110 valence electrons. The van der Waals surface area contributed by atoms with Crippen molar-refractivity contribution < 1.29 is 14.7 Å². The molecule has 0 radical (unpaired) electrons. The van der Waals surface area contributed by atoms with Gasteiger partial charge in [-0.2, -0.15) is 0 Å². The largest absolute Gasteiger partial charge is 0.480 e. The van der Waals surface area contributed by atoms with Gasteiger partial charge in [-0.25, -0.2) is 0 Å². The lowest BCUT2D eigenvalue weighted by Gasteiger charge is -2.32. The molecule has 0 aliphatic carbocycles. The van der Waals surface area contributed by atoms with Crippen LogP contribution in [-0.4, -0.2) is 52.5 Å². The Morgan fingerprint density at radius 2 is 2.19 bits per heavy atom. The third-order valence-corrected chi connectivity index (χ3v) is 3.80. The SMILES string of the molecule is O=C(O)CN1C[C@H](Cc2c[nH]c3ccccc23)NCC1=O. The minimum Gasteiger partial charge on any atom is -0.480 e. The van der Waals surface area contributed by atoms with Crippen molar-refractivity contribution >= 4 is 22.8 Å². The second-order valence-electron chi connectivity index (χ2n) is 5.31. The van der Waals surface area contributed by atoms with E-state index in [0.29, 0.717) is 6.54 Å². The fourth-order valence-electron chi connectivity index (χ4n) is 2.79. The van der Waals surface area contributed by atoms with E-state index in [4.69, 9.17) is 5.11 Å². The van der Waals surface area contributed by atoms with Gasteiger partial charge in [0.1, 0.15) is 6.54 Å². The maximum absolute atomic E-state index is 11.7. The van der Waals surface area contributed by atoms with Crippen LogP contribution in [0, 0.1) is 0 Å². The van der Waals surface area contributed by atoms with Crippen LogP contribution in [0.5, 0.6) is 0 Å². The van der Waals surface area contributed by atoms with Crippen molar-refractivity contribution in [1.29, 1.82) is 0 Å². The van der Waals surface area contributed by atoms with Crippen LogP contribution < -0.4 is 5.32 Å². The number of hydrogen-bond acceptors (Lipinski definition) is 3. The summed E-state index contributed by atoms with van der Waals surface area (Å²) in [6, 6.07) is 8.13. The van der Waals surface area contributed by atoms with E-state index in [1.165, 1.54) is 15.8 Å². The molecule has 1 aliphatic heterocycles. The molecule has 3 N–H and O–H groups in total. The minimum absolute atomic E-state index is 0.0706. The van der Waals surface area contributed by atoms with Crippen LogP contribution in [-0.2, 0) is 16.0 Å². The van der Waals surface area contributed by atoms with Crippen LogP contribution in [0.1, 0.15) is 5.56 Å². The molecule has 1 aliphatic rings. The molecule has 0 unspecified atom stereocenters. The highest BCUT2D eigenvalue weighted by molar-refractivity contribution is 5.84. The zero-order valence-electron chi connectivity index (χ0n) is 11.5. The molecule has 6 nitrogen and oxygen atoms in total. The van der Waals surface area contributed by atoms with Crippen molar-refractivity contribution in [2.75, 3.05) is 19.6 Å². The number of rotatable bonds is 4. The van der Waals surface area contributed by atoms with Gasteiger partial charge in [0.15, 0.2) is 0 Å². The Morgan fingerprint density at radius 3 is 3.00 bits per heavy atom. The number of aromatic amines is 1. The Bertz CT molecular complexity index is 680. The van der Waals surface area contributed by atoms with Gasteiger partial charge < -0.3 is 20.3 Å². The normalized spacial score (nSPS) is 19.1. The molecule has 1 atom stereocenters.